The topological polar surface area (TPSA) is 21.3 Å². The molecular formula is C17H21NO. The quantitative estimate of drug-likeness (QED) is 0.854. The average Bonchev–Trinajstić information content (AvgIpc) is 2.46. The lowest BCUT2D eigenvalue weighted by molar-refractivity contribution is 0.414. The molecule has 1 N–H and O–H groups in total. The van der Waals surface area contributed by atoms with E-state index in [9.17, 15) is 0 Å². The Hall–Kier alpha value is -1.80. The van der Waals surface area contributed by atoms with Gasteiger partial charge in [0.15, 0.2) is 0 Å². The summed E-state index contributed by atoms with van der Waals surface area (Å²) in [6, 6.07) is 19.2. The van der Waals surface area contributed by atoms with Crippen molar-refractivity contribution in [1.29, 1.82) is 0 Å². The van der Waals surface area contributed by atoms with E-state index in [4.69, 9.17) is 4.74 Å². The highest BCUT2D eigenvalue weighted by Crippen LogP contribution is 2.12. The first-order valence-electron chi connectivity index (χ1n) is 6.68. The molecule has 19 heavy (non-hydrogen) atoms. The van der Waals surface area contributed by atoms with Crippen molar-refractivity contribution in [1.82, 2.24) is 5.32 Å². The molecule has 100 valence electrons. The van der Waals surface area contributed by atoms with Crippen molar-refractivity contribution >= 4 is 0 Å². The van der Waals surface area contributed by atoms with Gasteiger partial charge in [0.25, 0.3) is 0 Å². The Morgan fingerprint density at radius 3 is 2.47 bits per heavy atom. The predicted octanol–water partition coefficient (Wildman–Crippen LogP) is 3.42. The van der Waals surface area contributed by atoms with Gasteiger partial charge in [-0.1, -0.05) is 42.5 Å². The van der Waals surface area contributed by atoms with Crippen molar-refractivity contribution in [3.8, 4) is 5.75 Å². The molecule has 1 atom stereocenters. The van der Waals surface area contributed by atoms with Crippen LogP contribution in [0.3, 0.4) is 0 Å². The highest BCUT2D eigenvalue weighted by molar-refractivity contribution is 5.28. The Bertz CT molecular complexity index is 496. The van der Waals surface area contributed by atoms with Crippen LogP contribution >= 0.6 is 0 Å². The lowest BCUT2D eigenvalue weighted by Crippen LogP contribution is -2.27. The summed E-state index contributed by atoms with van der Waals surface area (Å²) in [5, 5.41) is 3.54. The van der Waals surface area contributed by atoms with Crippen LogP contribution in [-0.2, 0) is 13.0 Å². The van der Waals surface area contributed by atoms with E-state index in [1.807, 2.05) is 12.1 Å². The van der Waals surface area contributed by atoms with Crippen LogP contribution in [0.4, 0.5) is 0 Å². The standard InChI is InChI=1S/C17H21NO/c1-14(11-15-7-4-3-5-8-15)18-13-16-9-6-10-17(12-16)19-2/h3-10,12,14,18H,11,13H2,1-2H3. The summed E-state index contributed by atoms with van der Waals surface area (Å²) in [6.45, 7) is 3.08. The summed E-state index contributed by atoms with van der Waals surface area (Å²) >= 11 is 0. The maximum atomic E-state index is 5.23. The molecule has 0 radical (unpaired) electrons. The molecule has 0 bridgehead atoms. The summed E-state index contributed by atoms with van der Waals surface area (Å²) in [5.74, 6) is 0.912. The smallest absolute Gasteiger partial charge is 0.119 e. The summed E-state index contributed by atoms with van der Waals surface area (Å²) in [6.07, 6.45) is 1.05. The molecule has 0 aliphatic heterocycles. The van der Waals surface area contributed by atoms with Gasteiger partial charge < -0.3 is 10.1 Å². The van der Waals surface area contributed by atoms with Gasteiger partial charge in [-0.3, -0.25) is 0 Å². The second kappa shape index (κ2) is 6.95. The molecule has 0 aliphatic carbocycles. The molecule has 0 fully saturated rings. The summed E-state index contributed by atoms with van der Waals surface area (Å²) in [5.41, 5.74) is 2.62. The van der Waals surface area contributed by atoms with Crippen LogP contribution < -0.4 is 10.1 Å². The molecule has 2 heteroatoms. The van der Waals surface area contributed by atoms with Crippen LogP contribution in [0, 0.1) is 0 Å². The molecule has 1 unspecified atom stereocenters. The number of hydrogen-bond donors (Lipinski definition) is 1. The third-order valence-corrected chi connectivity index (χ3v) is 3.17. The first-order valence-corrected chi connectivity index (χ1v) is 6.68. The fourth-order valence-corrected chi connectivity index (χ4v) is 2.11. The van der Waals surface area contributed by atoms with Gasteiger partial charge in [-0.15, -0.1) is 0 Å². The minimum Gasteiger partial charge on any atom is -0.497 e. The van der Waals surface area contributed by atoms with E-state index in [0.29, 0.717) is 6.04 Å². The molecule has 0 saturated carbocycles. The first-order chi connectivity index (χ1) is 9.28. The second-order valence-electron chi connectivity index (χ2n) is 4.82. The zero-order chi connectivity index (χ0) is 13.5. The summed E-state index contributed by atoms with van der Waals surface area (Å²) in [7, 11) is 1.70. The molecule has 2 nitrogen and oxygen atoms in total. The van der Waals surface area contributed by atoms with E-state index in [2.05, 4.69) is 54.7 Å². The van der Waals surface area contributed by atoms with Crippen LogP contribution in [0.2, 0.25) is 0 Å². The number of ether oxygens (including phenoxy) is 1. The molecule has 2 rings (SSSR count). The maximum Gasteiger partial charge on any atom is 0.119 e. The number of benzene rings is 2. The fourth-order valence-electron chi connectivity index (χ4n) is 2.11. The molecule has 0 saturated heterocycles. The Morgan fingerprint density at radius 1 is 1.00 bits per heavy atom. The van der Waals surface area contributed by atoms with E-state index in [-0.39, 0.29) is 0 Å². The van der Waals surface area contributed by atoms with E-state index in [1.54, 1.807) is 7.11 Å². The lowest BCUT2D eigenvalue weighted by atomic mass is 10.1. The number of methoxy groups -OCH3 is 1. The molecule has 2 aromatic carbocycles. The molecule has 2 aromatic rings. The zero-order valence-electron chi connectivity index (χ0n) is 11.6. The third-order valence-electron chi connectivity index (χ3n) is 3.17. The highest BCUT2D eigenvalue weighted by Gasteiger charge is 2.03. The monoisotopic (exact) mass is 255 g/mol. The van der Waals surface area contributed by atoms with Crippen molar-refractivity contribution in [2.45, 2.75) is 25.9 Å². The van der Waals surface area contributed by atoms with Crippen LogP contribution in [0.5, 0.6) is 5.75 Å². The van der Waals surface area contributed by atoms with E-state index < -0.39 is 0 Å². The number of nitrogens with one attached hydrogen (secondary N) is 1. The van der Waals surface area contributed by atoms with Crippen LogP contribution in [0.1, 0.15) is 18.1 Å². The zero-order valence-corrected chi connectivity index (χ0v) is 11.6. The Morgan fingerprint density at radius 2 is 1.74 bits per heavy atom. The molecular weight excluding hydrogens is 234 g/mol. The van der Waals surface area contributed by atoms with Crippen molar-refractivity contribution in [3.05, 3.63) is 65.7 Å². The van der Waals surface area contributed by atoms with Crippen molar-refractivity contribution in [3.63, 3.8) is 0 Å². The van der Waals surface area contributed by atoms with Crippen molar-refractivity contribution < 1.29 is 4.74 Å². The fraction of sp³-hybridized carbons (Fsp3) is 0.294. The largest absolute Gasteiger partial charge is 0.497 e. The predicted molar refractivity (Wildman–Crippen MR) is 79.4 cm³/mol. The highest BCUT2D eigenvalue weighted by atomic mass is 16.5. The summed E-state index contributed by atoms with van der Waals surface area (Å²) in [4.78, 5) is 0. The van der Waals surface area contributed by atoms with Crippen LogP contribution in [0.25, 0.3) is 0 Å². The van der Waals surface area contributed by atoms with Gasteiger partial charge in [-0.25, -0.2) is 0 Å². The van der Waals surface area contributed by atoms with Gasteiger partial charge in [-0.2, -0.15) is 0 Å². The number of rotatable bonds is 6. The van der Waals surface area contributed by atoms with Gasteiger partial charge in [0, 0.05) is 12.6 Å². The molecule has 0 aromatic heterocycles. The average molecular weight is 255 g/mol. The van der Waals surface area contributed by atoms with Gasteiger partial charge in [0.05, 0.1) is 7.11 Å². The van der Waals surface area contributed by atoms with Gasteiger partial charge in [-0.05, 0) is 36.6 Å². The van der Waals surface area contributed by atoms with E-state index >= 15 is 0 Å². The van der Waals surface area contributed by atoms with Crippen LogP contribution in [0.15, 0.2) is 54.6 Å². The Kier molecular flexibility index (Phi) is 4.99. The Labute approximate surface area is 115 Å². The number of hydrogen-bond acceptors (Lipinski definition) is 2. The maximum absolute atomic E-state index is 5.23. The molecule has 0 amide bonds. The summed E-state index contributed by atoms with van der Waals surface area (Å²) < 4.78 is 5.23. The van der Waals surface area contributed by atoms with Gasteiger partial charge >= 0.3 is 0 Å². The van der Waals surface area contributed by atoms with E-state index in [1.165, 1.54) is 11.1 Å². The second-order valence-corrected chi connectivity index (χ2v) is 4.82. The Balaban J connectivity index is 1.84. The van der Waals surface area contributed by atoms with Crippen molar-refractivity contribution in [2.75, 3.05) is 7.11 Å². The van der Waals surface area contributed by atoms with Crippen LogP contribution in [-0.4, -0.2) is 13.2 Å². The molecule has 0 spiro atoms. The third kappa shape index (κ3) is 4.42. The van der Waals surface area contributed by atoms with Gasteiger partial charge in [0.1, 0.15) is 5.75 Å². The minimum atomic E-state index is 0.452. The lowest BCUT2D eigenvalue weighted by Gasteiger charge is -2.14. The van der Waals surface area contributed by atoms with Crippen molar-refractivity contribution in [2.24, 2.45) is 0 Å². The molecule has 0 aliphatic rings. The van der Waals surface area contributed by atoms with Gasteiger partial charge in [0.2, 0.25) is 0 Å². The minimum absolute atomic E-state index is 0.452. The molecule has 0 heterocycles. The SMILES string of the molecule is COc1cccc(CNC(C)Cc2ccccc2)c1. The normalized spacial score (nSPS) is 12.1. The first kappa shape index (κ1) is 13.6. The van der Waals surface area contributed by atoms with E-state index in [0.717, 1.165) is 18.7 Å².